The average Bonchev–Trinajstić information content (AvgIpc) is 2.61. The lowest BCUT2D eigenvalue weighted by atomic mass is 10.1. The smallest absolute Gasteiger partial charge is 0.329 e. The molecule has 0 N–H and O–H groups in total. The first-order valence-corrected chi connectivity index (χ1v) is 8.15. The molecular formula is C18H11Cl2N3O3. The Kier molecular flexibility index (Phi) is 5.21. The molecule has 0 saturated heterocycles. The lowest BCUT2D eigenvalue weighted by Crippen LogP contribution is -2.15. The number of rotatable bonds is 4. The van der Waals surface area contributed by atoms with Crippen LogP contribution in [0.4, 0.5) is 0 Å². The third-order valence-corrected chi connectivity index (χ3v) is 3.89. The lowest BCUT2D eigenvalue weighted by Gasteiger charge is -2.13. The Hall–Kier alpha value is -2.88. The second-order valence-electron chi connectivity index (χ2n) is 5.20. The van der Waals surface area contributed by atoms with Crippen LogP contribution in [0.3, 0.4) is 0 Å². The fourth-order valence-electron chi connectivity index (χ4n) is 2.30. The van der Waals surface area contributed by atoms with Crippen LogP contribution in [0.1, 0.15) is 11.6 Å². The van der Waals surface area contributed by atoms with Crippen LogP contribution in [0.5, 0.6) is 11.6 Å². The highest BCUT2D eigenvalue weighted by atomic mass is 35.5. The van der Waals surface area contributed by atoms with Crippen molar-refractivity contribution >= 4 is 40.2 Å². The van der Waals surface area contributed by atoms with E-state index in [1.807, 2.05) is 6.07 Å². The molecule has 1 unspecified atom stereocenters. The van der Waals surface area contributed by atoms with E-state index in [2.05, 4.69) is 14.7 Å². The normalized spacial score (nSPS) is 11.6. The van der Waals surface area contributed by atoms with E-state index in [9.17, 15) is 10.1 Å². The standard InChI is InChI=1S/C18H11Cl2N3O3/c1-25-18(24)13(9-21)16-17(23-15-5-3-2-4-14(15)22-16)26-12-7-10(19)6-11(20)8-12/h2-8,13H,1H3. The number of halogens is 2. The minimum atomic E-state index is -1.29. The summed E-state index contributed by atoms with van der Waals surface area (Å²) in [4.78, 5) is 20.7. The summed E-state index contributed by atoms with van der Waals surface area (Å²) in [5, 5.41) is 10.2. The van der Waals surface area contributed by atoms with Crippen molar-refractivity contribution in [3.8, 4) is 17.7 Å². The maximum atomic E-state index is 12.0. The summed E-state index contributed by atoms with van der Waals surface area (Å²) in [5.41, 5.74) is 1.11. The minimum absolute atomic E-state index is 0.000941. The molecule has 0 aliphatic rings. The van der Waals surface area contributed by atoms with E-state index in [1.54, 1.807) is 30.3 Å². The topological polar surface area (TPSA) is 85.1 Å². The molecule has 1 heterocycles. The van der Waals surface area contributed by atoms with Crippen LogP contribution in [0.15, 0.2) is 42.5 Å². The number of esters is 1. The number of para-hydroxylation sites is 2. The summed E-state index contributed by atoms with van der Waals surface area (Å²) in [5.74, 6) is -1.75. The van der Waals surface area contributed by atoms with Gasteiger partial charge in [-0.15, -0.1) is 0 Å². The van der Waals surface area contributed by atoms with Crippen molar-refractivity contribution in [3.05, 3.63) is 58.2 Å². The monoisotopic (exact) mass is 387 g/mol. The number of fused-ring (bicyclic) bond motifs is 1. The molecule has 0 saturated carbocycles. The fourth-order valence-corrected chi connectivity index (χ4v) is 2.81. The molecule has 0 aliphatic carbocycles. The van der Waals surface area contributed by atoms with Crippen LogP contribution < -0.4 is 4.74 Å². The van der Waals surface area contributed by atoms with Gasteiger partial charge in [0.2, 0.25) is 5.88 Å². The molecule has 0 bridgehead atoms. The van der Waals surface area contributed by atoms with E-state index in [0.717, 1.165) is 0 Å². The molecule has 0 amide bonds. The molecule has 2 aromatic carbocycles. The summed E-state index contributed by atoms with van der Waals surface area (Å²) in [6.45, 7) is 0. The predicted molar refractivity (Wildman–Crippen MR) is 96.4 cm³/mol. The molecule has 0 spiro atoms. The van der Waals surface area contributed by atoms with E-state index >= 15 is 0 Å². The molecule has 3 aromatic rings. The highest BCUT2D eigenvalue weighted by Gasteiger charge is 2.28. The number of methoxy groups -OCH3 is 1. The minimum Gasteiger partial charge on any atom is -0.468 e. The van der Waals surface area contributed by atoms with Gasteiger partial charge in [0.05, 0.1) is 24.2 Å². The Morgan fingerprint density at radius 1 is 1.12 bits per heavy atom. The van der Waals surface area contributed by atoms with Crippen LogP contribution in [0, 0.1) is 11.3 Å². The molecule has 0 radical (unpaired) electrons. The van der Waals surface area contributed by atoms with Crippen molar-refractivity contribution in [3.63, 3.8) is 0 Å². The van der Waals surface area contributed by atoms with Crippen molar-refractivity contribution in [2.24, 2.45) is 0 Å². The Balaban J connectivity index is 2.16. The van der Waals surface area contributed by atoms with Gasteiger partial charge < -0.3 is 9.47 Å². The third-order valence-electron chi connectivity index (χ3n) is 3.45. The molecule has 0 fully saturated rings. The van der Waals surface area contributed by atoms with Gasteiger partial charge in [0, 0.05) is 10.0 Å². The number of carbonyl (C=O) groups excluding carboxylic acids is 1. The number of aromatic nitrogens is 2. The zero-order chi connectivity index (χ0) is 18.7. The first kappa shape index (κ1) is 17.9. The van der Waals surface area contributed by atoms with Gasteiger partial charge >= 0.3 is 5.97 Å². The molecule has 1 atom stereocenters. The van der Waals surface area contributed by atoms with E-state index in [0.29, 0.717) is 26.8 Å². The van der Waals surface area contributed by atoms with Crippen molar-refractivity contribution in [2.75, 3.05) is 7.11 Å². The van der Waals surface area contributed by atoms with Crippen molar-refractivity contribution in [2.45, 2.75) is 5.92 Å². The molecule has 1 aromatic heterocycles. The summed E-state index contributed by atoms with van der Waals surface area (Å²) >= 11 is 12.0. The van der Waals surface area contributed by atoms with Crippen molar-refractivity contribution < 1.29 is 14.3 Å². The van der Waals surface area contributed by atoms with Crippen LogP contribution in [0.2, 0.25) is 10.0 Å². The van der Waals surface area contributed by atoms with Crippen LogP contribution in [-0.4, -0.2) is 23.0 Å². The highest BCUT2D eigenvalue weighted by molar-refractivity contribution is 6.34. The number of hydrogen-bond acceptors (Lipinski definition) is 6. The zero-order valence-electron chi connectivity index (χ0n) is 13.4. The first-order valence-electron chi connectivity index (χ1n) is 7.40. The molecule has 26 heavy (non-hydrogen) atoms. The maximum absolute atomic E-state index is 12.0. The molecule has 6 nitrogen and oxygen atoms in total. The number of nitrogens with zero attached hydrogens (tertiary/aromatic N) is 3. The van der Waals surface area contributed by atoms with Crippen LogP contribution in [0.25, 0.3) is 11.0 Å². The molecule has 3 rings (SSSR count). The van der Waals surface area contributed by atoms with Gasteiger partial charge in [-0.2, -0.15) is 5.26 Å². The Morgan fingerprint density at radius 2 is 1.73 bits per heavy atom. The van der Waals surface area contributed by atoms with Crippen LogP contribution >= 0.6 is 23.2 Å². The molecule has 0 aliphatic heterocycles. The van der Waals surface area contributed by atoms with E-state index in [1.165, 1.54) is 19.2 Å². The Labute approximate surface area is 158 Å². The van der Waals surface area contributed by atoms with E-state index in [4.69, 9.17) is 27.9 Å². The summed E-state index contributed by atoms with van der Waals surface area (Å²) in [6.07, 6.45) is 0. The Morgan fingerprint density at radius 3 is 2.31 bits per heavy atom. The van der Waals surface area contributed by atoms with Gasteiger partial charge in [0.15, 0.2) is 5.92 Å². The van der Waals surface area contributed by atoms with Gasteiger partial charge in [-0.05, 0) is 30.3 Å². The highest BCUT2D eigenvalue weighted by Crippen LogP contribution is 2.32. The summed E-state index contributed by atoms with van der Waals surface area (Å²) in [7, 11) is 1.19. The predicted octanol–water partition coefficient (Wildman–Crippen LogP) is 4.51. The number of ether oxygens (including phenoxy) is 2. The average molecular weight is 388 g/mol. The van der Waals surface area contributed by atoms with Crippen LogP contribution in [-0.2, 0) is 9.53 Å². The van der Waals surface area contributed by atoms with Gasteiger partial charge in [0.1, 0.15) is 11.4 Å². The lowest BCUT2D eigenvalue weighted by molar-refractivity contribution is -0.141. The Bertz CT molecular complexity index is 1010. The van der Waals surface area contributed by atoms with Gasteiger partial charge in [-0.3, -0.25) is 4.79 Å². The fraction of sp³-hybridized carbons (Fsp3) is 0.111. The summed E-state index contributed by atoms with van der Waals surface area (Å²) < 4.78 is 10.4. The third kappa shape index (κ3) is 3.69. The second kappa shape index (κ2) is 7.56. The van der Waals surface area contributed by atoms with Crippen molar-refractivity contribution in [1.29, 1.82) is 5.26 Å². The van der Waals surface area contributed by atoms with E-state index < -0.39 is 11.9 Å². The molecular weight excluding hydrogens is 377 g/mol. The first-order chi connectivity index (χ1) is 12.5. The largest absolute Gasteiger partial charge is 0.468 e. The molecule has 8 heteroatoms. The van der Waals surface area contributed by atoms with Gasteiger partial charge in [-0.25, -0.2) is 9.97 Å². The quantitative estimate of drug-likeness (QED) is 0.612. The maximum Gasteiger partial charge on any atom is 0.329 e. The van der Waals surface area contributed by atoms with Crippen molar-refractivity contribution in [1.82, 2.24) is 9.97 Å². The van der Waals surface area contributed by atoms with Gasteiger partial charge in [0.25, 0.3) is 0 Å². The SMILES string of the molecule is COC(=O)C(C#N)c1nc2ccccc2nc1Oc1cc(Cl)cc(Cl)c1. The zero-order valence-corrected chi connectivity index (χ0v) is 15.0. The number of benzene rings is 2. The van der Waals surface area contributed by atoms with E-state index in [-0.39, 0.29) is 11.6 Å². The number of hydrogen-bond donors (Lipinski definition) is 0. The molecule has 130 valence electrons. The number of nitriles is 1. The second-order valence-corrected chi connectivity index (χ2v) is 6.07. The van der Waals surface area contributed by atoms with Gasteiger partial charge in [-0.1, -0.05) is 35.3 Å². The number of carbonyl (C=O) groups is 1. The summed E-state index contributed by atoms with van der Waals surface area (Å²) in [6, 6.07) is 13.5.